The van der Waals surface area contributed by atoms with E-state index in [1.54, 1.807) is 24.3 Å². The fourth-order valence-corrected chi connectivity index (χ4v) is 3.16. The van der Waals surface area contributed by atoms with Gasteiger partial charge in [0, 0.05) is 18.0 Å². The third-order valence-corrected chi connectivity index (χ3v) is 4.71. The molecule has 4 heteroatoms. The molecule has 0 spiro atoms. The first kappa shape index (κ1) is 16.3. The van der Waals surface area contributed by atoms with Crippen molar-refractivity contribution in [2.45, 2.75) is 31.2 Å². The molecule has 0 aliphatic carbocycles. The van der Waals surface area contributed by atoms with E-state index in [1.807, 2.05) is 44.2 Å². The maximum absolute atomic E-state index is 12.2. The number of benzene rings is 2. The zero-order valence-electron chi connectivity index (χ0n) is 12.7. The molecule has 0 aliphatic heterocycles. The van der Waals surface area contributed by atoms with E-state index in [2.05, 4.69) is 16.6 Å². The summed E-state index contributed by atoms with van der Waals surface area (Å²) in [6.07, 6.45) is 0.458. The van der Waals surface area contributed by atoms with E-state index in [4.69, 9.17) is 0 Å². The SMILES string of the molecule is Cc1ccc(S(=O)(=O)NC(C)CC#Cc2ccccc2)cc1. The largest absolute Gasteiger partial charge is 0.240 e. The highest BCUT2D eigenvalue weighted by Crippen LogP contribution is 2.11. The number of hydrogen-bond donors (Lipinski definition) is 1. The van der Waals surface area contributed by atoms with Gasteiger partial charge in [-0.3, -0.25) is 0 Å². The first-order valence-electron chi connectivity index (χ1n) is 7.10. The van der Waals surface area contributed by atoms with Crippen LogP contribution in [-0.4, -0.2) is 14.5 Å². The van der Waals surface area contributed by atoms with Crippen molar-refractivity contribution in [2.75, 3.05) is 0 Å². The fraction of sp³-hybridized carbons (Fsp3) is 0.222. The average Bonchev–Trinajstić information content (AvgIpc) is 2.48. The van der Waals surface area contributed by atoms with Crippen LogP contribution in [0.1, 0.15) is 24.5 Å². The van der Waals surface area contributed by atoms with E-state index in [0.717, 1.165) is 11.1 Å². The minimum absolute atomic E-state index is 0.248. The van der Waals surface area contributed by atoms with Crippen molar-refractivity contribution in [3.05, 3.63) is 65.7 Å². The van der Waals surface area contributed by atoms with Crippen molar-refractivity contribution in [2.24, 2.45) is 0 Å². The molecule has 1 unspecified atom stereocenters. The summed E-state index contributed by atoms with van der Waals surface area (Å²) in [7, 11) is -3.49. The van der Waals surface area contributed by atoms with Crippen LogP contribution in [0.3, 0.4) is 0 Å². The van der Waals surface area contributed by atoms with E-state index in [1.165, 1.54) is 0 Å². The lowest BCUT2D eigenvalue weighted by Crippen LogP contribution is -2.32. The summed E-state index contributed by atoms with van der Waals surface area (Å²) in [6.45, 7) is 3.73. The van der Waals surface area contributed by atoms with Gasteiger partial charge in [-0.05, 0) is 38.1 Å². The molecule has 3 nitrogen and oxygen atoms in total. The molecular formula is C18H19NO2S. The molecule has 0 amide bonds. The number of sulfonamides is 1. The molecule has 0 aromatic heterocycles. The molecule has 2 aromatic carbocycles. The predicted molar refractivity (Wildman–Crippen MR) is 88.9 cm³/mol. The maximum atomic E-state index is 12.2. The van der Waals surface area contributed by atoms with Crippen molar-refractivity contribution >= 4 is 10.0 Å². The third-order valence-electron chi connectivity index (χ3n) is 3.10. The highest BCUT2D eigenvalue weighted by Gasteiger charge is 2.16. The minimum atomic E-state index is -3.49. The van der Waals surface area contributed by atoms with Crippen LogP contribution in [0.5, 0.6) is 0 Å². The van der Waals surface area contributed by atoms with Gasteiger partial charge in [-0.1, -0.05) is 47.7 Å². The molecule has 0 saturated heterocycles. The van der Waals surface area contributed by atoms with Crippen LogP contribution >= 0.6 is 0 Å². The van der Waals surface area contributed by atoms with E-state index in [-0.39, 0.29) is 10.9 Å². The summed E-state index contributed by atoms with van der Waals surface area (Å²) in [5.74, 6) is 6.03. The summed E-state index contributed by atoms with van der Waals surface area (Å²) >= 11 is 0. The Morgan fingerprint density at radius 2 is 1.68 bits per heavy atom. The first-order chi connectivity index (χ1) is 10.5. The second kappa shape index (κ2) is 7.26. The summed E-state index contributed by atoms with van der Waals surface area (Å²) in [6, 6.07) is 16.2. The van der Waals surface area contributed by atoms with Crippen molar-refractivity contribution < 1.29 is 8.42 Å². The third kappa shape index (κ3) is 4.73. The van der Waals surface area contributed by atoms with Gasteiger partial charge in [-0.15, -0.1) is 0 Å². The Labute approximate surface area is 132 Å². The van der Waals surface area contributed by atoms with Crippen LogP contribution < -0.4 is 4.72 Å². The molecule has 2 rings (SSSR count). The average molecular weight is 313 g/mol. The van der Waals surface area contributed by atoms with Crippen molar-refractivity contribution in [1.82, 2.24) is 4.72 Å². The van der Waals surface area contributed by atoms with Crippen LogP contribution in [0.2, 0.25) is 0 Å². The number of aryl methyl sites for hydroxylation is 1. The Balaban J connectivity index is 1.98. The normalized spacial score (nSPS) is 12.3. The zero-order chi connectivity index (χ0) is 16.0. The standard InChI is InChI=1S/C18H19NO2S/c1-15-11-13-18(14-12-15)22(20,21)19-16(2)7-6-10-17-8-4-3-5-9-17/h3-5,8-9,11-14,16,19H,7H2,1-2H3. The van der Waals surface area contributed by atoms with Crippen LogP contribution in [0.4, 0.5) is 0 Å². The van der Waals surface area contributed by atoms with E-state index in [0.29, 0.717) is 6.42 Å². The quantitative estimate of drug-likeness (QED) is 0.882. The molecule has 0 fully saturated rings. The topological polar surface area (TPSA) is 46.2 Å². The molecule has 2 aromatic rings. The van der Waals surface area contributed by atoms with Gasteiger partial charge in [-0.25, -0.2) is 13.1 Å². The summed E-state index contributed by atoms with van der Waals surface area (Å²) in [5.41, 5.74) is 1.96. The molecular weight excluding hydrogens is 294 g/mol. The Morgan fingerprint density at radius 3 is 2.32 bits per heavy atom. The molecule has 1 atom stereocenters. The monoisotopic (exact) mass is 313 g/mol. The second-order valence-corrected chi connectivity index (χ2v) is 6.92. The van der Waals surface area contributed by atoms with Crippen molar-refractivity contribution in [3.8, 4) is 11.8 Å². The fourth-order valence-electron chi connectivity index (χ4n) is 1.92. The van der Waals surface area contributed by atoms with Crippen molar-refractivity contribution in [3.63, 3.8) is 0 Å². The van der Waals surface area contributed by atoms with Gasteiger partial charge in [0.25, 0.3) is 0 Å². The van der Waals surface area contributed by atoms with Gasteiger partial charge < -0.3 is 0 Å². The summed E-state index contributed by atoms with van der Waals surface area (Å²) in [5, 5.41) is 0. The second-order valence-electron chi connectivity index (χ2n) is 5.21. The molecule has 1 N–H and O–H groups in total. The van der Waals surface area contributed by atoms with Gasteiger partial charge in [-0.2, -0.15) is 0 Å². The van der Waals surface area contributed by atoms with Crippen LogP contribution in [0, 0.1) is 18.8 Å². The molecule has 114 valence electrons. The minimum Gasteiger partial charge on any atom is -0.207 e. The first-order valence-corrected chi connectivity index (χ1v) is 8.58. The predicted octanol–water partition coefficient (Wildman–Crippen LogP) is 3.10. The summed E-state index contributed by atoms with van der Waals surface area (Å²) < 4.78 is 27.1. The van der Waals surface area contributed by atoms with Gasteiger partial charge in [0.15, 0.2) is 0 Å². The zero-order valence-corrected chi connectivity index (χ0v) is 13.5. The highest BCUT2D eigenvalue weighted by molar-refractivity contribution is 7.89. The van der Waals surface area contributed by atoms with Crippen LogP contribution in [0.25, 0.3) is 0 Å². The van der Waals surface area contributed by atoms with Gasteiger partial charge in [0.2, 0.25) is 10.0 Å². The number of rotatable bonds is 4. The van der Waals surface area contributed by atoms with Gasteiger partial charge >= 0.3 is 0 Å². The molecule has 0 bridgehead atoms. The van der Waals surface area contributed by atoms with Crippen LogP contribution in [-0.2, 0) is 10.0 Å². The van der Waals surface area contributed by atoms with E-state index < -0.39 is 10.0 Å². The Hall–Kier alpha value is -2.09. The molecule has 0 aliphatic rings. The number of hydrogen-bond acceptors (Lipinski definition) is 2. The molecule has 0 saturated carbocycles. The lowest BCUT2D eigenvalue weighted by molar-refractivity contribution is 0.563. The number of nitrogens with one attached hydrogen (secondary N) is 1. The smallest absolute Gasteiger partial charge is 0.207 e. The highest BCUT2D eigenvalue weighted by atomic mass is 32.2. The lowest BCUT2D eigenvalue weighted by atomic mass is 10.2. The Morgan fingerprint density at radius 1 is 1.05 bits per heavy atom. The summed E-state index contributed by atoms with van der Waals surface area (Å²) in [4.78, 5) is 0.279. The Bertz CT molecular complexity index is 769. The molecule has 0 radical (unpaired) electrons. The maximum Gasteiger partial charge on any atom is 0.240 e. The van der Waals surface area contributed by atoms with Gasteiger partial charge in [0.05, 0.1) is 4.90 Å². The van der Waals surface area contributed by atoms with Gasteiger partial charge in [0.1, 0.15) is 0 Å². The van der Waals surface area contributed by atoms with E-state index in [9.17, 15) is 8.42 Å². The molecule has 0 heterocycles. The van der Waals surface area contributed by atoms with Crippen LogP contribution in [0.15, 0.2) is 59.5 Å². The lowest BCUT2D eigenvalue weighted by Gasteiger charge is -2.11. The van der Waals surface area contributed by atoms with Crippen molar-refractivity contribution in [1.29, 1.82) is 0 Å². The molecule has 22 heavy (non-hydrogen) atoms. The van der Waals surface area contributed by atoms with E-state index >= 15 is 0 Å². The Kier molecular flexibility index (Phi) is 5.37.